The molecule has 2 heterocycles. The lowest BCUT2D eigenvalue weighted by atomic mass is 9.92. The number of nitrogens with one attached hydrogen (secondary N) is 2. The molecule has 4 rings (SSSR count). The summed E-state index contributed by atoms with van der Waals surface area (Å²) in [5, 5.41) is 10.3. The minimum atomic E-state index is -0.555. The molecule has 2 aliphatic rings. The number of carbonyl (C=O) groups is 2. The molecule has 1 saturated carbocycles. The number of benzene rings is 1. The Morgan fingerprint density at radius 3 is 2.70 bits per heavy atom. The van der Waals surface area contributed by atoms with Crippen LogP contribution in [-0.4, -0.2) is 40.1 Å². The van der Waals surface area contributed by atoms with Gasteiger partial charge in [0.15, 0.2) is 5.82 Å². The Balaban J connectivity index is 1.41. The maximum Gasteiger partial charge on any atom is 0.321 e. The molecule has 160 valence electrons. The highest BCUT2D eigenvalue weighted by Crippen LogP contribution is 2.37. The number of amides is 3. The second kappa shape index (κ2) is 8.45. The normalized spacial score (nSPS) is 20.7. The highest BCUT2D eigenvalue weighted by Gasteiger charge is 2.43. The lowest BCUT2D eigenvalue weighted by molar-refractivity contribution is -0.128. The van der Waals surface area contributed by atoms with Gasteiger partial charge >= 0.3 is 6.03 Å². The number of aromatic nitrogens is 2. The monoisotopic (exact) mass is 411 g/mol. The fourth-order valence-corrected chi connectivity index (χ4v) is 4.52. The van der Waals surface area contributed by atoms with Crippen LogP contribution >= 0.6 is 0 Å². The van der Waals surface area contributed by atoms with Gasteiger partial charge in [-0.3, -0.25) is 4.79 Å². The van der Waals surface area contributed by atoms with E-state index in [2.05, 4.69) is 20.8 Å². The van der Waals surface area contributed by atoms with E-state index in [9.17, 15) is 9.59 Å². The first-order chi connectivity index (χ1) is 14.4. The van der Waals surface area contributed by atoms with Crippen LogP contribution in [0.5, 0.6) is 0 Å². The summed E-state index contributed by atoms with van der Waals surface area (Å²) in [4.78, 5) is 32.0. The van der Waals surface area contributed by atoms with Crippen molar-refractivity contribution in [2.45, 2.75) is 57.9 Å². The number of likely N-dealkylation sites (tertiary alicyclic amines) is 1. The van der Waals surface area contributed by atoms with Gasteiger partial charge in [-0.2, -0.15) is 4.98 Å². The Labute approximate surface area is 176 Å². The Hall–Kier alpha value is -2.90. The van der Waals surface area contributed by atoms with Crippen LogP contribution < -0.4 is 10.6 Å². The topological polar surface area (TPSA) is 100 Å². The van der Waals surface area contributed by atoms with E-state index in [1.165, 1.54) is 0 Å². The van der Waals surface area contributed by atoms with E-state index in [1.807, 2.05) is 31.2 Å². The summed E-state index contributed by atoms with van der Waals surface area (Å²) in [6.07, 6.45) is 5.21. The molecule has 1 saturated heterocycles. The molecule has 0 radical (unpaired) electrons. The molecular formula is C22H29N5O3. The molecule has 8 nitrogen and oxygen atoms in total. The van der Waals surface area contributed by atoms with Crippen LogP contribution in [0.4, 0.5) is 10.5 Å². The second-order valence-electron chi connectivity index (χ2n) is 8.50. The zero-order valence-electron chi connectivity index (χ0n) is 17.6. The summed E-state index contributed by atoms with van der Waals surface area (Å²) in [5.74, 6) is 0.790. The van der Waals surface area contributed by atoms with Crippen molar-refractivity contribution >= 4 is 17.6 Å². The molecule has 1 aliphatic heterocycles. The molecule has 30 heavy (non-hydrogen) atoms. The number of urea groups is 1. The van der Waals surface area contributed by atoms with Crippen molar-refractivity contribution in [3.05, 3.63) is 41.5 Å². The third-order valence-electron chi connectivity index (χ3n) is 6.12. The van der Waals surface area contributed by atoms with Gasteiger partial charge < -0.3 is 20.1 Å². The van der Waals surface area contributed by atoms with Crippen LogP contribution in [-0.2, 0) is 10.3 Å². The summed E-state index contributed by atoms with van der Waals surface area (Å²) in [5.41, 5.74) is 1.30. The summed E-state index contributed by atoms with van der Waals surface area (Å²) < 4.78 is 5.17. The number of carbonyl (C=O) groups excluding carboxylic acids is 2. The fourth-order valence-electron chi connectivity index (χ4n) is 4.52. The standard InChI is InChI=1S/C22H29N5O3/c1-15-7-5-9-18(13-15)24-21(29)27-12-6-8-17(14-27)19(28)25-22(10-3-4-11-22)20-23-16(2)30-26-20/h5,7,9,13,17H,3-4,6,8,10-12,14H2,1-2H3,(H,24,29)(H,25,28). The molecule has 3 amide bonds. The van der Waals surface area contributed by atoms with Gasteiger partial charge in [-0.25, -0.2) is 4.79 Å². The number of hydrogen-bond donors (Lipinski definition) is 2. The van der Waals surface area contributed by atoms with Crippen LogP contribution in [0.1, 0.15) is 55.8 Å². The minimum absolute atomic E-state index is 0.0348. The van der Waals surface area contributed by atoms with Crippen LogP contribution in [0.15, 0.2) is 28.8 Å². The van der Waals surface area contributed by atoms with Gasteiger partial charge in [-0.1, -0.05) is 30.1 Å². The van der Waals surface area contributed by atoms with Crippen molar-refractivity contribution in [3.8, 4) is 0 Å². The highest BCUT2D eigenvalue weighted by molar-refractivity contribution is 5.90. The summed E-state index contributed by atoms with van der Waals surface area (Å²) in [6, 6.07) is 7.54. The van der Waals surface area contributed by atoms with Crippen molar-refractivity contribution in [1.82, 2.24) is 20.4 Å². The average Bonchev–Trinajstić information content (AvgIpc) is 3.38. The Bertz CT molecular complexity index is 919. The molecule has 2 aromatic rings. The van der Waals surface area contributed by atoms with Gasteiger partial charge in [-0.05, 0) is 50.3 Å². The molecule has 1 aliphatic carbocycles. The molecule has 1 atom stereocenters. The summed E-state index contributed by atoms with van der Waals surface area (Å²) in [7, 11) is 0. The molecule has 2 fully saturated rings. The first-order valence-electron chi connectivity index (χ1n) is 10.7. The first kappa shape index (κ1) is 20.4. The first-order valence-corrected chi connectivity index (χ1v) is 10.7. The largest absolute Gasteiger partial charge is 0.343 e. The molecular weight excluding hydrogens is 382 g/mol. The zero-order chi connectivity index (χ0) is 21.1. The molecule has 1 aromatic heterocycles. The van der Waals surface area contributed by atoms with Gasteiger partial charge in [0.05, 0.1) is 5.92 Å². The van der Waals surface area contributed by atoms with Crippen LogP contribution in [0.3, 0.4) is 0 Å². The van der Waals surface area contributed by atoms with Crippen LogP contribution in [0.2, 0.25) is 0 Å². The Morgan fingerprint density at radius 1 is 1.20 bits per heavy atom. The zero-order valence-corrected chi connectivity index (χ0v) is 17.6. The number of aryl methyl sites for hydroxylation is 2. The van der Waals surface area contributed by atoms with Gasteiger partial charge in [0.1, 0.15) is 5.54 Å². The maximum atomic E-state index is 13.2. The number of nitrogens with zero attached hydrogens (tertiary/aromatic N) is 3. The quantitative estimate of drug-likeness (QED) is 0.802. The van der Waals surface area contributed by atoms with E-state index in [4.69, 9.17) is 4.52 Å². The molecule has 1 aromatic carbocycles. The third kappa shape index (κ3) is 4.32. The lowest BCUT2D eigenvalue weighted by Gasteiger charge is -2.35. The molecule has 1 unspecified atom stereocenters. The van der Waals surface area contributed by atoms with Crippen LogP contribution in [0, 0.1) is 19.8 Å². The van der Waals surface area contributed by atoms with E-state index < -0.39 is 5.54 Å². The summed E-state index contributed by atoms with van der Waals surface area (Å²) >= 11 is 0. The number of piperidine rings is 1. The lowest BCUT2D eigenvalue weighted by Crippen LogP contribution is -2.51. The van der Waals surface area contributed by atoms with E-state index in [-0.39, 0.29) is 17.9 Å². The molecule has 2 N–H and O–H groups in total. The molecule has 0 spiro atoms. The maximum absolute atomic E-state index is 13.2. The van der Waals surface area contributed by atoms with Crippen LogP contribution in [0.25, 0.3) is 0 Å². The highest BCUT2D eigenvalue weighted by atomic mass is 16.5. The van der Waals surface area contributed by atoms with Gasteiger partial charge in [0.25, 0.3) is 0 Å². The van der Waals surface area contributed by atoms with Crippen molar-refractivity contribution in [1.29, 1.82) is 0 Å². The van der Waals surface area contributed by atoms with Crippen molar-refractivity contribution in [2.24, 2.45) is 5.92 Å². The second-order valence-corrected chi connectivity index (χ2v) is 8.50. The predicted octanol–water partition coefficient (Wildman–Crippen LogP) is 3.52. The van der Waals surface area contributed by atoms with Crippen molar-refractivity contribution < 1.29 is 14.1 Å². The molecule has 0 bridgehead atoms. The average molecular weight is 412 g/mol. The minimum Gasteiger partial charge on any atom is -0.343 e. The van der Waals surface area contributed by atoms with E-state index >= 15 is 0 Å². The van der Waals surface area contributed by atoms with Gasteiger partial charge in [0, 0.05) is 25.7 Å². The number of hydrogen-bond acceptors (Lipinski definition) is 5. The number of anilines is 1. The molecule has 8 heteroatoms. The van der Waals surface area contributed by atoms with Gasteiger partial charge in [-0.15, -0.1) is 0 Å². The third-order valence-corrected chi connectivity index (χ3v) is 6.12. The van der Waals surface area contributed by atoms with E-state index in [0.29, 0.717) is 24.8 Å². The van der Waals surface area contributed by atoms with E-state index in [0.717, 1.165) is 49.8 Å². The smallest absolute Gasteiger partial charge is 0.321 e. The summed E-state index contributed by atoms with van der Waals surface area (Å²) in [6.45, 7) is 4.80. The SMILES string of the molecule is Cc1cccc(NC(=O)N2CCCC(C(=O)NC3(c4noc(C)n4)CCCC3)C2)c1. The van der Waals surface area contributed by atoms with Crippen molar-refractivity contribution in [2.75, 3.05) is 18.4 Å². The van der Waals surface area contributed by atoms with Gasteiger partial charge in [0.2, 0.25) is 11.8 Å². The van der Waals surface area contributed by atoms with E-state index in [1.54, 1.807) is 11.8 Å². The van der Waals surface area contributed by atoms with Crippen molar-refractivity contribution in [3.63, 3.8) is 0 Å². The number of rotatable bonds is 4. The Morgan fingerprint density at radius 2 is 2.00 bits per heavy atom. The predicted molar refractivity (Wildman–Crippen MR) is 112 cm³/mol. The fraction of sp³-hybridized carbons (Fsp3) is 0.545. The Kier molecular flexibility index (Phi) is 5.74.